The maximum atomic E-state index is 13.4. The summed E-state index contributed by atoms with van der Waals surface area (Å²) >= 11 is 0. The van der Waals surface area contributed by atoms with Crippen molar-refractivity contribution in [3.8, 4) is 0 Å². The van der Waals surface area contributed by atoms with Crippen molar-refractivity contribution in [2.24, 2.45) is 34.5 Å². The molecule has 4 rings (SSSR count). The number of ketones is 2. The fourth-order valence-electron chi connectivity index (χ4n) is 7.64. The molecule has 0 saturated heterocycles. The summed E-state index contributed by atoms with van der Waals surface area (Å²) in [6.45, 7) is 3.46. The Morgan fingerprint density at radius 3 is 2.58 bits per heavy atom. The second-order valence-electron chi connectivity index (χ2n) is 10.00. The zero-order valence-electron chi connectivity index (χ0n) is 15.9. The second kappa shape index (κ2) is 5.86. The van der Waals surface area contributed by atoms with Crippen LogP contribution in [0, 0.1) is 34.5 Å². The zero-order valence-corrected chi connectivity index (χ0v) is 15.9. The molecule has 0 aliphatic heterocycles. The van der Waals surface area contributed by atoms with E-state index >= 15 is 0 Å². The first-order chi connectivity index (χ1) is 12.2. The van der Waals surface area contributed by atoms with Crippen molar-refractivity contribution in [2.45, 2.75) is 76.9 Å². The van der Waals surface area contributed by atoms with Gasteiger partial charge in [0.25, 0.3) is 0 Å². The Morgan fingerprint density at radius 1 is 1.15 bits per heavy atom. The highest BCUT2D eigenvalue weighted by Gasteiger charge is 2.68. The molecule has 0 heterocycles. The van der Waals surface area contributed by atoms with Crippen LogP contribution < -0.4 is 0 Å². The van der Waals surface area contributed by atoms with Gasteiger partial charge in [-0.15, -0.1) is 0 Å². The van der Waals surface area contributed by atoms with Gasteiger partial charge in [0.05, 0.1) is 6.10 Å². The highest BCUT2D eigenvalue weighted by Crippen LogP contribution is 2.67. The molecule has 0 radical (unpaired) electrons. The number of carbonyl (C=O) groups is 2. The second-order valence-corrected chi connectivity index (χ2v) is 10.00. The maximum absolute atomic E-state index is 13.4. The first-order valence-electron chi connectivity index (χ1n) is 10.2. The monoisotopic (exact) mass is 364 g/mol. The van der Waals surface area contributed by atoms with E-state index in [2.05, 4.69) is 6.92 Å². The van der Waals surface area contributed by atoms with Gasteiger partial charge in [0.1, 0.15) is 18.0 Å². The summed E-state index contributed by atoms with van der Waals surface area (Å²) < 4.78 is 0. The van der Waals surface area contributed by atoms with Crippen LogP contribution in [-0.4, -0.2) is 45.2 Å². The summed E-state index contributed by atoms with van der Waals surface area (Å²) in [6.07, 6.45) is 5.47. The van der Waals surface area contributed by atoms with Gasteiger partial charge in [-0.2, -0.15) is 0 Å². The summed E-state index contributed by atoms with van der Waals surface area (Å²) in [7, 11) is 0. The van der Waals surface area contributed by atoms with Crippen molar-refractivity contribution >= 4 is 11.6 Å². The molecule has 0 aromatic rings. The fourth-order valence-corrected chi connectivity index (χ4v) is 7.64. The quantitative estimate of drug-likeness (QED) is 0.695. The van der Waals surface area contributed by atoms with Crippen molar-refractivity contribution in [1.82, 2.24) is 0 Å². The molecule has 26 heavy (non-hydrogen) atoms. The molecule has 4 saturated carbocycles. The van der Waals surface area contributed by atoms with E-state index < -0.39 is 23.4 Å². The van der Waals surface area contributed by atoms with Crippen LogP contribution in [0.15, 0.2) is 0 Å². The van der Waals surface area contributed by atoms with Crippen molar-refractivity contribution < 1.29 is 24.9 Å². The molecule has 0 bridgehead atoms. The molecule has 5 nitrogen and oxygen atoms in total. The van der Waals surface area contributed by atoms with Crippen molar-refractivity contribution in [2.75, 3.05) is 6.61 Å². The number of Topliss-reactive ketones (excluding diaryl/α,β-unsaturated/α-hetero) is 2. The van der Waals surface area contributed by atoms with Gasteiger partial charge in [0, 0.05) is 17.8 Å². The molecule has 0 spiro atoms. The number of carbonyl (C=O) groups excluding carboxylic acids is 2. The maximum Gasteiger partial charge on any atom is 0.190 e. The number of aliphatic hydroxyl groups excluding tert-OH is 2. The minimum atomic E-state index is -1.58. The van der Waals surface area contributed by atoms with E-state index in [1.807, 2.05) is 6.92 Å². The average molecular weight is 364 g/mol. The largest absolute Gasteiger partial charge is 0.393 e. The Morgan fingerprint density at radius 2 is 1.88 bits per heavy atom. The predicted molar refractivity (Wildman–Crippen MR) is 95.2 cm³/mol. The lowest BCUT2D eigenvalue weighted by Crippen LogP contribution is -2.62. The third-order valence-corrected chi connectivity index (χ3v) is 9.08. The minimum Gasteiger partial charge on any atom is -0.393 e. The fraction of sp³-hybridized carbons (Fsp3) is 0.905. The van der Waals surface area contributed by atoms with Crippen LogP contribution in [0.1, 0.15) is 65.2 Å². The van der Waals surface area contributed by atoms with E-state index in [1.54, 1.807) is 0 Å². The third-order valence-electron chi connectivity index (χ3n) is 9.08. The number of aliphatic hydroxyl groups is 3. The third kappa shape index (κ3) is 2.20. The summed E-state index contributed by atoms with van der Waals surface area (Å²) in [5.41, 5.74) is -2.40. The van der Waals surface area contributed by atoms with Crippen molar-refractivity contribution in [3.63, 3.8) is 0 Å². The van der Waals surface area contributed by atoms with Crippen LogP contribution in [0.5, 0.6) is 0 Å². The summed E-state index contributed by atoms with van der Waals surface area (Å²) in [5, 5.41) is 30.6. The highest BCUT2D eigenvalue weighted by molar-refractivity contribution is 5.92. The van der Waals surface area contributed by atoms with E-state index in [0.29, 0.717) is 12.3 Å². The lowest BCUT2D eigenvalue weighted by molar-refractivity contribution is -0.180. The van der Waals surface area contributed by atoms with Gasteiger partial charge in [-0.05, 0) is 68.1 Å². The Labute approximate surface area is 155 Å². The summed E-state index contributed by atoms with van der Waals surface area (Å²) in [6, 6.07) is 0. The van der Waals surface area contributed by atoms with Gasteiger partial charge in [0.2, 0.25) is 0 Å². The van der Waals surface area contributed by atoms with Crippen LogP contribution in [0.2, 0.25) is 0 Å². The Balaban J connectivity index is 1.70. The number of rotatable bonds is 2. The van der Waals surface area contributed by atoms with E-state index in [-0.39, 0.29) is 41.5 Å². The van der Waals surface area contributed by atoms with Gasteiger partial charge >= 0.3 is 0 Å². The molecule has 4 fully saturated rings. The van der Waals surface area contributed by atoms with Gasteiger partial charge < -0.3 is 15.3 Å². The topological polar surface area (TPSA) is 94.8 Å². The molecule has 5 heteroatoms. The average Bonchev–Trinajstić information content (AvgIpc) is 2.86. The normalized spacial score (nSPS) is 53.6. The molecule has 146 valence electrons. The van der Waals surface area contributed by atoms with Gasteiger partial charge in [0.15, 0.2) is 5.78 Å². The smallest absolute Gasteiger partial charge is 0.190 e. The first kappa shape index (κ1) is 18.6. The van der Waals surface area contributed by atoms with E-state index in [9.17, 15) is 24.9 Å². The van der Waals surface area contributed by atoms with Gasteiger partial charge in [-0.25, -0.2) is 0 Å². The van der Waals surface area contributed by atoms with Crippen molar-refractivity contribution in [3.05, 3.63) is 0 Å². The first-order valence-corrected chi connectivity index (χ1v) is 10.2. The molecular weight excluding hydrogens is 332 g/mol. The SMILES string of the molecule is C[C@]12CC[C@@H](O)CC1CC[C@@H]1[C@@H]2C(=O)C[C@@]2(C)[C@H]1CC[C@]2(O)C(=O)CO. The van der Waals surface area contributed by atoms with Crippen LogP contribution in [-0.2, 0) is 9.59 Å². The molecule has 4 aliphatic carbocycles. The standard InChI is InChI=1S/C21H32O5/c1-19-7-5-13(23)9-12(19)3-4-14-15-6-8-21(26,17(25)11-22)20(15,2)10-16(24)18(14)19/h12-15,18,22-23,26H,3-11H2,1-2H3/t12?,13-,14+,15+,18-,19+,20+,21+/m1/s1. The molecular formula is C21H32O5. The Hall–Kier alpha value is -0.780. The highest BCUT2D eigenvalue weighted by atomic mass is 16.3. The van der Waals surface area contributed by atoms with Gasteiger partial charge in [-0.1, -0.05) is 13.8 Å². The molecule has 4 aliphatic rings. The van der Waals surface area contributed by atoms with Crippen LogP contribution >= 0.6 is 0 Å². The van der Waals surface area contributed by atoms with Crippen molar-refractivity contribution in [1.29, 1.82) is 0 Å². The molecule has 1 unspecified atom stereocenters. The van der Waals surface area contributed by atoms with E-state index in [1.165, 1.54) is 0 Å². The lowest BCUT2D eigenvalue weighted by Gasteiger charge is -2.60. The molecule has 0 aromatic heterocycles. The summed E-state index contributed by atoms with van der Waals surface area (Å²) in [4.78, 5) is 25.7. The number of fused-ring (bicyclic) bond motifs is 5. The molecule has 0 aromatic carbocycles. The van der Waals surface area contributed by atoms with Gasteiger partial charge in [-0.3, -0.25) is 9.59 Å². The minimum absolute atomic E-state index is 0.0154. The lowest BCUT2D eigenvalue weighted by atomic mass is 9.44. The molecule has 8 atom stereocenters. The number of hydrogen-bond donors (Lipinski definition) is 3. The van der Waals surface area contributed by atoms with E-state index in [4.69, 9.17) is 0 Å². The van der Waals surface area contributed by atoms with Crippen LogP contribution in [0.25, 0.3) is 0 Å². The summed E-state index contributed by atoms with van der Waals surface area (Å²) in [5.74, 6) is 0.380. The van der Waals surface area contributed by atoms with Crippen LogP contribution in [0.3, 0.4) is 0 Å². The Kier molecular flexibility index (Phi) is 4.18. The van der Waals surface area contributed by atoms with Crippen LogP contribution in [0.4, 0.5) is 0 Å². The van der Waals surface area contributed by atoms with E-state index in [0.717, 1.165) is 38.5 Å². The zero-order chi connectivity index (χ0) is 18.9. The number of hydrogen-bond acceptors (Lipinski definition) is 5. The molecule has 3 N–H and O–H groups in total. The molecule has 0 amide bonds. The Bertz CT molecular complexity index is 632. The predicted octanol–water partition coefficient (Wildman–Crippen LogP) is 1.86.